The number of carbonyl (C=O) groups is 2. The van der Waals surface area contributed by atoms with Gasteiger partial charge >= 0.3 is 0 Å². The highest BCUT2D eigenvalue weighted by Gasteiger charge is 2.64. The maximum absolute atomic E-state index is 13.8. The third kappa shape index (κ3) is 11.0. The molecule has 18 heteroatoms. The maximum atomic E-state index is 13.8. The molecule has 7 fully saturated rings. The Labute approximate surface area is 395 Å². The van der Waals surface area contributed by atoms with Crippen LogP contribution in [-0.2, 0) is 38.0 Å². The van der Waals surface area contributed by atoms with Crippen LogP contribution >= 0.6 is 0 Å². The second-order valence-electron chi connectivity index (χ2n) is 22.8. The van der Waals surface area contributed by atoms with E-state index >= 15 is 0 Å². The Kier molecular flexibility index (Phi) is 17.3. The smallest absolute Gasteiger partial charge is 0.220 e. The van der Waals surface area contributed by atoms with E-state index in [1.165, 1.54) is 6.92 Å². The summed E-state index contributed by atoms with van der Waals surface area (Å²) in [5.74, 6) is 1.68. The molecule has 0 aromatic heterocycles. The number of nitrogens with one attached hydrogen (secondary N) is 1. The van der Waals surface area contributed by atoms with Gasteiger partial charge in [0, 0.05) is 25.3 Å². The van der Waals surface area contributed by atoms with Crippen LogP contribution in [0.25, 0.3) is 0 Å². The largest absolute Gasteiger partial charge is 0.393 e. The van der Waals surface area contributed by atoms with Gasteiger partial charge < -0.3 is 79.7 Å². The van der Waals surface area contributed by atoms with Crippen LogP contribution < -0.4 is 5.32 Å². The first-order valence-electron chi connectivity index (χ1n) is 25.3. The third-order valence-electron chi connectivity index (χ3n) is 17.8. The van der Waals surface area contributed by atoms with Crippen molar-refractivity contribution in [3.8, 4) is 0 Å². The minimum atomic E-state index is -1.69. The molecule has 4 aliphatic carbocycles. The Bertz CT molecular complexity index is 1660. The molecule has 67 heavy (non-hydrogen) atoms. The van der Waals surface area contributed by atoms with Crippen LogP contribution in [0.4, 0.5) is 0 Å². The summed E-state index contributed by atoms with van der Waals surface area (Å²) in [4.78, 5) is 26.0. The van der Waals surface area contributed by atoms with Gasteiger partial charge in [0.15, 0.2) is 18.9 Å². The predicted octanol–water partition coefficient (Wildman–Crippen LogP) is 0.900. The molecule has 7 rings (SSSR count). The van der Waals surface area contributed by atoms with Crippen LogP contribution in [0.5, 0.6) is 0 Å². The van der Waals surface area contributed by atoms with Gasteiger partial charge in [-0.05, 0) is 117 Å². The van der Waals surface area contributed by atoms with Gasteiger partial charge in [-0.3, -0.25) is 9.59 Å². The average molecular weight is 958 g/mol. The topological polar surface area (TPSA) is 284 Å². The molecule has 0 aromatic rings. The summed E-state index contributed by atoms with van der Waals surface area (Å²) in [5.41, 5.74) is -0.184. The summed E-state index contributed by atoms with van der Waals surface area (Å²) in [5, 5.41) is 99.8. The predicted molar refractivity (Wildman–Crippen MR) is 238 cm³/mol. The number of aliphatic hydroxyl groups is 9. The van der Waals surface area contributed by atoms with Crippen molar-refractivity contribution in [2.45, 2.75) is 217 Å². The molecule has 3 heterocycles. The van der Waals surface area contributed by atoms with E-state index in [0.717, 1.165) is 32.1 Å². The fraction of sp³-hybridized carbons (Fsp3) is 0.959. The number of fused-ring (bicyclic) bond motifs is 5. The lowest BCUT2D eigenvalue weighted by Crippen LogP contribution is -2.64. The number of hydrogen-bond acceptors (Lipinski definition) is 17. The molecule has 3 saturated heterocycles. The molecule has 3 aliphatic heterocycles. The van der Waals surface area contributed by atoms with Gasteiger partial charge in [0.2, 0.25) is 5.91 Å². The van der Waals surface area contributed by atoms with Crippen LogP contribution in [0.1, 0.15) is 119 Å². The zero-order valence-corrected chi connectivity index (χ0v) is 40.5. The highest BCUT2D eigenvalue weighted by molar-refractivity contribution is 5.81. The number of ketones is 1. The van der Waals surface area contributed by atoms with Crippen molar-refractivity contribution >= 4 is 11.7 Å². The lowest BCUT2D eigenvalue weighted by atomic mass is 9.44. The SMILES string of the molecule is CC(C)CC(=O)NC[C@H](C)CCC(=O)[C@H](C)[C@H]1[C@H](O)C[C@H]2[C@@H]3CC[C@@H]4C[C@H](O[C@H]5O[C@@H](CO[C@H]6O[C@@H](C)[C@H](O)[C@@H](O)[C@@H]6O)[C@H](O)[C@@H](O)[C@@H]5O[C@H]5OC[C@H](O)[C@@H](O)[C@@H]5O)CC[C@]4(C)[C@H]3CC[C@]12C. The zero-order valence-electron chi connectivity index (χ0n) is 40.5. The number of carbonyl (C=O) groups excluding carboxylic acids is 2. The zero-order chi connectivity index (χ0) is 48.9. The fourth-order valence-electron chi connectivity index (χ4n) is 13.8. The quantitative estimate of drug-likeness (QED) is 0.0963. The normalized spacial score (nSPS) is 48.8. The molecule has 18 nitrogen and oxygen atoms in total. The van der Waals surface area contributed by atoms with Gasteiger partial charge in [0.1, 0.15) is 66.8 Å². The summed E-state index contributed by atoms with van der Waals surface area (Å²) in [6, 6.07) is 0. The molecule has 0 unspecified atom stereocenters. The number of rotatable bonds is 16. The highest BCUT2D eigenvalue weighted by Crippen LogP contribution is 2.68. The molecular formula is C49H83NO17. The minimum absolute atomic E-state index is 0.0160. The molecule has 4 saturated carbocycles. The molecule has 25 atom stereocenters. The average Bonchev–Trinajstić information content (AvgIpc) is 3.56. The minimum Gasteiger partial charge on any atom is -0.393 e. The summed E-state index contributed by atoms with van der Waals surface area (Å²) < 4.78 is 35.8. The van der Waals surface area contributed by atoms with E-state index in [2.05, 4.69) is 26.1 Å². The molecule has 0 bridgehead atoms. The van der Waals surface area contributed by atoms with Crippen molar-refractivity contribution in [2.24, 2.45) is 58.2 Å². The third-order valence-corrected chi connectivity index (χ3v) is 17.8. The molecule has 0 spiro atoms. The molecule has 10 N–H and O–H groups in total. The maximum Gasteiger partial charge on any atom is 0.220 e. The van der Waals surface area contributed by atoms with Gasteiger partial charge in [-0.25, -0.2) is 0 Å². The lowest BCUT2D eigenvalue weighted by molar-refractivity contribution is -0.370. The summed E-state index contributed by atoms with van der Waals surface area (Å²) in [6.45, 7) is 14.1. The van der Waals surface area contributed by atoms with E-state index in [9.17, 15) is 55.5 Å². The van der Waals surface area contributed by atoms with Gasteiger partial charge in [0.25, 0.3) is 0 Å². The molecular weight excluding hydrogens is 875 g/mol. The lowest BCUT2D eigenvalue weighted by Gasteiger charge is -2.61. The van der Waals surface area contributed by atoms with Crippen molar-refractivity contribution in [1.82, 2.24) is 5.32 Å². The monoisotopic (exact) mass is 958 g/mol. The van der Waals surface area contributed by atoms with Gasteiger partial charge in [-0.2, -0.15) is 0 Å². The van der Waals surface area contributed by atoms with Crippen LogP contribution in [0.3, 0.4) is 0 Å². The molecule has 7 aliphatic rings. The Morgan fingerprint density at radius 1 is 0.716 bits per heavy atom. The van der Waals surface area contributed by atoms with Gasteiger partial charge in [-0.1, -0.05) is 41.5 Å². The van der Waals surface area contributed by atoms with E-state index in [0.29, 0.717) is 56.9 Å². The number of aliphatic hydroxyl groups excluding tert-OH is 9. The summed E-state index contributed by atoms with van der Waals surface area (Å²) >= 11 is 0. The second kappa shape index (κ2) is 21.7. The van der Waals surface area contributed by atoms with Crippen molar-refractivity contribution in [3.05, 3.63) is 0 Å². The Morgan fingerprint density at radius 3 is 2.13 bits per heavy atom. The van der Waals surface area contributed by atoms with E-state index in [4.69, 9.17) is 28.4 Å². The van der Waals surface area contributed by atoms with Gasteiger partial charge in [0.05, 0.1) is 31.5 Å². The Hall–Kier alpha value is -1.46. The molecule has 386 valence electrons. The van der Waals surface area contributed by atoms with Crippen LogP contribution in [0.2, 0.25) is 0 Å². The highest BCUT2D eigenvalue weighted by atomic mass is 16.8. The van der Waals surface area contributed by atoms with E-state index in [-0.39, 0.29) is 70.7 Å². The number of ether oxygens (including phenoxy) is 6. The standard InChI is InChI=1S/C49H83NO17/c1-22(2)16-35(54)50-19-23(3)8-11-31(51)24(4)36-32(52)18-30-28-10-9-26-17-27(12-14-48(26,6)29(28)13-15-49(30,36)7)65-47-44(67-46-42(60)38(56)33(53)20-62-46)41(59)39(57)34(66-47)21-63-45-43(61)40(58)37(55)25(5)64-45/h22-30,32-34,36-47,52-53,55-61H,8-21H2,1-7H3,(H,50,54)/t23-,24+,25+,26-,27-,28-,29+,30+,32-,33+,34+,36+,37+,38-,39+,40-,41-,42+,43+,44+,45+,46-,47+,48+,49+/m1/s1. The van der Waals surface area contributed by atoms with Crippen molar-refractivity contribution in [1.29, 1.82) is 0 Å². The van der Waals surface area contributed by atoms with E-state index in [1.54, 1.807) is 0 Å². The fourth-order valence-corrected chi connectivity index (χ4v) is 13.8. The molecule has 0 radical (unpaired) electrons. The number of amides is 1. The number of Topliss-reactive ketones (excluding diaryl/α,β-unsaturated/α-hetero) is 1. The van der Waals surface area contributed by atoms with E-state index < -0.39 is 98.7 Å². The number of hydrogen-bond donors (Lipinski definition) is 10. The molecule has 1 amide bonds. The first kappa shape index (κ1) is 53.3. The van der Waals surface area contributed by atoms with Crippen LogP contribution in [0.15, 0.2) is 0 Å². The van der Waals surface area contributed by atoms with Crippen molar-refractivity contribution in [3.63, 3.8) is 0 Å². The Morgan fingerprint density at radius 2 is 1.42 bits per heavy atom. The summed E-state index contributed by atoms with van der Waals surface area (Å²) in [7, 11) is 0. The van der Waals surface area contributed by atoms with Crippen molar-refractivity contribution in [2.75, 3.05) is 19.8 Å². The molecule has 0 aromatic carbocycles. The van der Waals surface area contributed by atoms with Crippen LogP contribution in [0, 0.1) is 58.2 Å². The first-order chi connectivity index (χ1) is 31.5. The Balaban J connectivity index is 0.991. The van der Waals surface area contributed by atoms with E-state index in [1.807, 2.05) is 20.8 Å². The van der Waals surface area contributed by atoms with Crippen LogP contribution in [-0.4, -0.2) is 176 Å². The summed E-state index contributed by atoms with van der Waals surface area (Å²) in [6.07, 6.45) is -12.9. The first-order valence-corrected chi connectivity index (χ1v) is 25.3. The van der Waals surface area contributed by atoms with Crippen molar-refractivity contribution < 1.29 is 84.0 Å². The second-order valence-corrected chi connectivity index (χ2v) is 22.8. The van der Waals surface area contributed by atoms with Gasteiger partial charge in [-0.15, -0.1) is 0 Å².